The van der Waals surface area contributed by atoms with Gasteiger partial charge in [0.1, 0.15) is 5.82 Å². The molecular weight excluding hydrogens is 363 g/mol. The van der Waals surface area contributed by atoms with E-state index in [1.165, 1.54) is 24.3 Å². The van der Waals surface area contributed by atoms with Gasteiger partial charge >= 0.3 is 0 Å². The van der Waals surface area contributed by atoms with Crippen LogP contribution in [0, 0.1) is 12.7 Å². The van der Waals surface area contributed by atoms with Gasteiger partial charge in [0.2, 0.25) is 0 Å². The highest BCUT2D eigenvalue weighted by Crippen LogP contribution is 2.27. The Morgan fingerprint density at radius 3 is 2.25 bits per heavy atom. The number of piperazine rings is 1. The second-order valence-electron chi connectivity index (χ2n) is 6.62. The van der Waals surface area contributed by atoms with Crippen LogP contribution in [0.4, 0.5) is 4.39 Å². The van der Waals surface area contributed by atoms with Crippen molar-refractivity contribution < 1.29 is 23.5 Å². The molecule has 0 aliphatic carbocycles. The third-order valence-corrected chi connectivity index (χ3v) is 4.68. The number of aryl methyl sites for hydroxylation is 1. The van der Waals surface area contributed by atoms with Crippen molar-refractivity contribution in [3.05, 3.63) is 59.4 Å². The van der Waals surface area contributed by atoms with E-state index in [-0.39, 0.29) is 24.2 Å². The molecule has 6 nitrogen and oxygen atoms in total. The van der Waals surface area contributed by atoms with Crippen LogP contribution in [-0.2, 0) is 4.79 Å². The average molecular weight is 386 g/mol. The van der Waals surface area contributed by atoms with Crippen molar-refractivity contribution in [1.82, 2.24) is 9.80 Å². The number of carbonyl (C=O) groups excluding carboxylic acids is 2. The Bertz CT molecular complexity index is 846. The molecular formula is C21H23FN2O4. The van der Waals surface area contributed by atoms with Crippen molar-refractivity contribution >= 4 is 11.8 Å². The van der Waals surface area contributed by atoms with Gasteiger partial charge in [0.05, 0.1) is 7.11 Å². The summed E-state index contributed by atoms with van der Waals surface area (Å²) in [4.78, 5) is 28.2. The van der Waals surface area contributed by atoms with Crippen LogP contribution in [0.2, 0.25) is 0 Å². The fraction of sp³-hybridized carbons (Fsp3) is 0.333. The smallest absolute Gasteiger partial charge is 0.260 e. The second kappa shape index (κ2) is 8.73. The lowest BCUT2D eigenvalue weighted by molar-refractivity contribution is -0.134. The monoisotopic (exact) mass is 386 g/mol. The number of rotatable bonds is 5. The van der Waals surface area contributed by atoms with E-state index >= 15 is 0 Å². The van der Waals surface area contributed by atoms with Crippen LogP contribution in [0.5, 0.6) is 11.5 Å². The molecule has 0 unspecified atom stereocenters. The van der Waals surface area contributed by atoms with Gasteiger partial charge < -0.3 is 19.3 Å². The van der Waals surface area contributed by atoms with E-state index in [0.717, 1.165) is 5.56 Å². The van der Waals surface area contributed by atoms with E-state index in [2.05, 4.69) is 0 Å². The topological polar surface area (TPSA) is 59.1 Å². The number of methoxy groups -OCH3 is 1. The highest BCUT2D eigenvalue weighted by molar-refractivity contribution is 5.94. The normalized spacial score (nSPS) is 14.0. The summed E-state index contributed by atoms with van der Waals surface area (Å²) in [6, 6.07) is 11.0. The second-order valence-corrected chi connectivity index (χ2v) is 6.62. The summed E-state index contributed by atoms with van der Waals surface area (Å²) in [6.45, 7) is 3.57. The van der Waals surface area contributed by atoms with E-state index in [9.17, 15) is 14.0 Å². The van der Waals surface area contributed by atoms with Gasteiger partial charge in [-0.15, -0.1) is 0 Å². The summed E-state index contributed by atoms with van der Waals surface area (Å²) >= 11 is 0. The molecule has 7 heteroatoms. The quantitative estimate of drug-likeness (QED) is 0.792. The summed E-state index contributed by atoms with van der Waals surface area (Å²) in [5, 5.41) is 0. The minimum atomic E-state index is -0.378. The molecule has 28 heavy (non-hydrogen) atoms. The largest absolute Gasteiger partial charge is 0.493 e. The van der Waals surface area contributed by atoms with Gasteiger partial charge in [-0.25, -0.2) is 4.39 Å². The zero-order chi connectivity index (χ0) is 20.1. The lowest BCUT2D eigenvalue weighted by atomic mass is 10.2. The Morgan fingerprint density at radius 2 is 1.61 bits per heavy atom. The molecule has 1 aliphatic rings. The molecule has 0 radical (unpaired) electrons. The summed E-state index contributed by atoms with van der Waals surface area (Å²) in [5.74, 6) is 0.426. The molecule has 2 amide bonds. The maximum Gasteiger partial charge on any atom is 0.260 e. The first-order chi connectivity index (χ1) is 13.5. The van der Waals surface area contributed by atoms with Crippen LogP contribution in [-0.4, -0.2) is 61.5 Å². The summed E-state index contributed by atoms with van der Waals surface area (Å²) < 4.78 is 23.9. The number of carbonyl (C=O) groups is 2. The Morgan fingerprint density at radius 1 is 0.964 bits per heavy atom. The van der Waals surface area contributed by atoms with Crippen molar-refractivity contribution in [3.8, 4) is 11.5 Å². The first kappa shape index (κ1) is 19.7. The van der Waals surface area contributed by atoms with E-state index < -0.39 is 0 Å². The van der Waals surface area contributed by atoms with Gasteiger partial charge in [-0.1, -0.05) is 6.07 Å². The van der Waals surface area contributed by atoms with E-state index in [1.807, 2.05) is 19.1 Å². The fourth-order valence-corrected chi connectivity index (χ4v) is 3.06. The first-order valence-electron chi connectivity index (χ1n) is 9.08. The first-order valence-corrected chi connectivity index (χ1v) is 9.08. The van der Waals surface area contributed by atoms with Crippen molar-refractivity contribution in [3.63, 3.8) is 0 Å². The van der Waals surface area contributed by atoms with Crippen LogP contribution >= 0.6 is 0 Å². The molecule has 0 aromatic heterocycles. The van der Waals surface area contributed by atoms with Crippen molar-refractivity contribution in [2.75, 3.05) is 39.9 Å². The summed E-state index contributed by atoms with van der Waals surface area (Å²) in [5.41, 5.74) is 1.48. The van der Waals surface area contributed by atoms with E-state index in [0.29, 0.717) is 43.2 Å². The Balaban J connectivity index is 1.51. The Labute approximate surface area is 163 Å². The molecule has 0 N–H and O–H groups in total. The summed E-state index contributed by atoms with van der Waals surface area (Å²) in [7, 11) is 1.56. The molecule has 3 rings (SSSR count). The molecule has 2 aromatic carbocycles. The SMILES string of the molecule is COc1cc(C)ccc1OCC(=O)N1CCN(C(=O)c2ccc(F)cc2)CC1. The third-order valence-electron chi connectivity index (χ3n) is 4.68. The van der Waals surface area contributed by atoms with E-state index in [4.69, 9.17) is 9.47 Å². The third kappa shape index (κ3) is 4.60. The van der Waals surface area contributed by atoms with Gasteiger partial charge in [0, 0.05) is 31.7 Å². The molecule has 0 atom stereocenters. The molecule has 0 spiro atoms. The van der Waals surface area contributed by atoms with Crippen LogP contribution in [0.1, 0.15) is 15.9 Å². The number of benzene rings is 2. The van der Waals surface area contributed by atoms with Crippen molar-refractivity contribution in [2.24, 2.45) is 0 Å². The Hall–Kier alpha value is -3.09. The number of hydrogen-bond donors (Lipinski definition) is 0. The molecule has 1 aliphatic heterocycles. The molecule has 0 bridgehead atoms. The maximum absolute atomic E-state index is 13.0. The van der Waals surface area contributed by atoms with Crippen LogP contribution in [0.3, 0.4) is 0 Å². The lowest BCUT2D eigenvalue weighted by Crippen LogP contribution is -2.51. The highest BCUT2D eigenvalue weighted by Gasteiger charge is 2.25. The zero-order valence-corrected chi connectivity index (χ0v) is 16.0. The van der Waals surface area contributed by atoms with Gasteiger partial charge in [0.25, 0.3) is 11.8 Å². The fourth-order valence-electron chi connectivity index (χ4n) is 3.06. The molecule has 0 saturated carbocycles. The zero-order valence-electron chi connectivity index (χ0n) is 16.0. The number of nitrogens with zero attached hydrogens (tertiary/aromatic N) is 2. The number of hydrogen-bond acceptors (Lipinski definition) is 4. The minimum absolute atomic E-state index is 0.0919. The highest BCUT2D eigenvalue weighted by atomic mass is 19.1. The van der Waals surface area contributed by atoms with Crippen molar-refractivity contribution in [1.29, 1.82) is 0 Å². The average Bonchev–Trinajstić information content (AvgIpc) is 2.72. The van der Waals surface area contributed by atoms with Gasteiger partial charge in [0.15, 0.2) is 18.1 Å². The van der Waals surface area contributed by atoms with Gasteiger partial charge in [-0.05, 0) is 48.9 Å². The molecule has 1 saturated heterocycles. The predicted molar refractivity (Wildman–Crippen MR) is 102 cm³/mol. The number of ether oxygens (including phenoxy) is 2. The molecule has 148 valence electrons. The lowest BCUT2D eigenvalue weighted by Gasteiger charge is -2.34. The molecule has 2 aromatic rings. The Kier molecular flexibility index (Phi) is 6.13. The minimum Gasteiger partial charge on any atom is -0.493 e. The van der Waals surface area contributed by atoms with E-state index in [1.54, 1.807) is 23.0 Å². The van der Waals surface area contributed by atoms with Gasteiger partial charge in [-0.2, -0.15) is 0 Å². The van der Waals surface area contributed by atoms with Gasteiger partial charge in [-0.3, -0.25) is 9.59 Å². The standard InChI is InChI=1S/C21H23FN2O4/c1-15-3-8-18(19(13-15)27-2)28-14-20(25)23-9-11-24(12-10-23)21(26)16-4-6-17(22)7-5-16/h3-8,13H,9-12,14H2,1-2H3. The van der Waals surface area contributed by atoms with Crippen LogP contribution < -0.4 is 9.47 Å². The summed E-state index contributed by atoms with van der Waals surface area (Å²) in [6.07, 6.45) is 0. The van der Waals surface area contributed by atoms with Crippen LogP contribution in [0.25, 0.3) is 0 Å². The number of halogens is 1. The molecule has 1 fully saturated rings. The van der Waals surface area contributed by atoms with Crippen molar-refractivity contribution in [2.45, 2.75) is 6.92 Å². The maximum atomic E-state index is 13.0. The number of amides is 2. The predicted octanol–water partition coefficient (Wildman–Crippen LogP) is 2.51. The van der Waals surface area contributed by atoms with Crippen LogP contribution in [0.15, 0.2) is 42.5 Å². The molecule has 1 heterocycles.